The van der Waals surface area contributed by atoms with Crippen LogP contribution in [0.2, 0.25) is 0 Å². The largest absolute Gasteiger partial charge is 0.369 e. The molecule has 1 aromatic heterocycles. The zero-order valence-electron chi connectivity index (χ0n) is 6.92. The van der Waals surface area contributed by atoms with Crippen LogP contribution in [0.15, 0.2) is 6.20 Å². The van der Waals surface area contributed by atoms with E-state index in [0.29, 0.717) is 6.54 Å². The summed E-state index contributed by atoms with van der Waals surface area (Å²) in [5.74, 6) is 0.511. The highest BCUT2D eigenvalue weighted by atomic mass is 16.1. The maximum atomic E-state index is 10.3. The van der Waals surface area contributed by atoms with Crippen LogP contribution in [0.1, 0.15) is 11.5 Å². The Morgan fingerprint density at radius 3 is 3.08 bits per heavy atom. The minimum Gasteiger partial charge on any atom is -0.369 e. The molecule has 1 rings (SSSR count). The summed E-state index contributed by atoms with van der Waals surface area (Å²) in [5, 5.41) is 2.87. The van der Waals surface area contributed by atoms with Gasteiger partial charge in [0.2, 0.25) is 5.91 Å². The molecule has 4 N–H and O–H groups in total. The predicted octanol–water partition coefficient (Wildman–Crippen LogP) is -0.707. The van der Waals surface area contributed by atoms with Gasteiger partial charge in [-0.05, 0) is 6.92 Å². The Labute approximate surface area is 70.4 Å². The van der Waals surface area contributed by atoms with Gasteiger partial charge in [-0.25, -0.2) is 4.98 Å². The Hall–Kier alpha value is -1.36. The summed E-state index contributed by atoms with van der Waals surface area (Å²) in [6.45, 7) is 2.65. The average molecular weight is 168 g/mol. The third-order valence-corrected chi connectivity index (χ3v) is 1.37. The van der Waals surface area contributed by atoms with Crippen LogP contribution in [0.25, 0.3) is 0 Å². The molecule has 0 atom stereocenters. The van der Waals surface area contributed by atoms with Gasteiger partial charge in [0, 0.05) is 18.4 Å². The van der Waals surface area contributed by atoms with Crippen LogP contribution in [0.3, 0.4) is 0 Å². The smallest absolute Gasteiger partial charge is 0.231 e. The Kier molecular flexibility index (Phi) is 2.82. The fourth-order valence-electron chi connectivity index (χ4n) is 0.882. The summed E-state index contributed by atoms with van der Waals surface area (Å²) < 4.78 is 0. The Balaban J connectivity index is 2.29. The second kappa shape index (κ2) is 3.87. The predicted molar refractivity (Wildman–Crippen MR) is 44.2 cm³/mol. The number of hydrogen-bond acceptors (Lipinski definition) is 3. The molecule has 0 spiro atoms. The SMILES string of the molecule is Cc1ncc(CNCC(N)=O)[nH]1. The van der Waals surface area contributed by atoms with Crippen LogP contribution in [-0.2, 0) is 11.3 Å². The van der Waals surface area contributed by atoms with Crippen LogP contribution in [-0.4, -0.2) is 22.4 Å². The van der Waals surface area contributed by atoms with Gasteiger partial charge in [0.15, 0.2) is 0 Å². The highest BCUT2D eigenvalue weighted by Crippen LogP contribution is 1.93. The fraction of sp³-hybridized carbons (Fsp3) is 0.429. The van der Waals surface area contributed by atoms with Crippen molar-refractivity contribution in [3.05, 3.63) is 17.7 Å². The van der Waals surface area contributed by atoms with E-state index in [1.54, 1.807) is 6.20 Å². The topological polar surface area (TPSA) is 83.8 Å². The Morgan fingerprint density at radius 2 is 2.58 bits per heavy atom. The molecule has 0 aliphatic carbocycles. The fourth-order valence-corrected chi connectivity index (χ4v) is 0.882. The van der Waals surface area contributed by atoms with E-state index in [9.17, 15) is 4.79 Å². The molecule has 0 fully saturated rings. The number of amides is 1. The number of imidazole rings is 1. The average Bonchev–Trinajstić information content (AvgIpc) is 2.35. The zero-order valence-corrected chi connectivity index (χ0v) is 6.92. The summed E-state index contributed by atoms with van der Waals surface area (Å²) >= 11 is 0. The standard InChI is InChI=1S/C7H12N4O/c1-5-10-3-6(11-5)2-9-4-7(8)12/h3,9H,2,4H2,1H3,(H2,8,12)(H,10,11). The molecule has 0 aromatic carbocycles. The van der Waals surface area contributed by atoms with Crippen molar-refractivity contribution in [3.63, 3.8) is 0 Å². The molecular weight excluding hydrogens is 156 g/mol. The molecule has 0 radical (unpaired) electrons. The minimum absolute atomic E-state index is 0.193. The maximum absolute atomic E-state index is 10.3. The van der Waals surface area contributed by atoms with Gasteiger partial charge in [-0.1, -0.05) is 0 Å². The van der Waals surface area contributed by atoms with Crippen molar-refractivity contribution < 1.29 is 4.79 Å². The lowest BCUT2D eigenvalue weighted by molar-refractivity contribution is -0.117. The third-order valence-electron chi connectivity index (χ3n) is 1.37. The molecule has 0 aliphatic heterocycles. The minimum atomic E-state index is -0.355. The number of carbonyl (C=O) groups is 1. The van der Waals surface area contributed by atoms with Gasteiger partial charge >= 0.3 is 0 Å². The van der Waals surface area contributed by atoms with Gasteiger partial charge in [-0.15, -0.1) is 0 Å². The van der Waals surface area contributed by atoms with Crippen molar-refractivity contribution in [3.8, 4) is 0 Å². The number of primary amides is 1. The van der Waals surface area contributed by atoms with Crippen molar-refractivity contribution >= 4 is 5.91 Å². The van der Waals surface area contributed by atoms with Gasteiger partial charge in [-0.3, -0.25) is 4.79 Å². The van der Waals surface area contributed by atoms with Gasteiger partial charge < -0.3 is 16.0 Å². The molecule has 0 saturated heterocycles. The van der Waals surface area contributed by atoms with Crippen LogP contribution >= 0.6 is 0 Å². The van der Waals surface area contributed by atoms with Crippen molar-refractivity contribution in [2.45, 2.75) is 13.5 Å². The molecule has 12 heavy (non-hydrogen) atoms. The van der Waals surface area contributed by atoms with Gasteiger partial charge in [0.1, 0.15) is 5.82 Å². The highest BCUT2D eigenvalue weighted by Gasteiger charge is 1.96. The number of carbonyl (C=O) groups excluding carboxylic acids is 1. The molecule has 5 heteroatoms. The number of nitrogens with two attached hydrogens (primary N) is 1. The number of aromatic nitrogens is 2. The lowest BCUT2D eigenvalue weighted by Crippen LogP contribution is -2.28. The van der Waals surface area contributed by atoms with Crippen LogP contribution < -0.4 is 11.1 Å². The van der Waals surface area contributed by atoms with Crippen LogP contribution in [0.5, 0.6) is 0 Å². The quantitative estimate of drug-likeness (QED) is 0.555. The Morgan fingerprint density at radius 1 is 1.83 bits per heavy atom. The van der Waals surface area contributed by atoms with E-state index in [0.717, 1.165) is 11.5 Å². The molecule has 66 valence electrons. The van der Waals surface area contributed by atoms with E-state index in [4.69, 9.17) is 5.73 Å². The first-order valence-corrected chi connectivity index (χ1v) is 3.68. The van der Waals surface area contributed by atoms with Gasteiger partial charge in [0.05, 0.1) is 6.54 Å². The van der Waals surface area contributed by atoms with E-state index in [1.165, 1.54) is 0 Å². The summed E-state index contributed by atoms with van der Waals surface area (Å²) in [5.41, 5.74) is 5.89. The van der Waals surface area contributed by atoms with E-state index in [2.05, 4.69) is 15.3 Å². The third kappa shape index (κ3) is 2.71. The second-order valence-electron chi connectivity index (χ2n) is 2.56. The molecule has 1 amide bonds. The number of aromatic amines is 1. The molecule has 1 heterocycles. The summed E-state index contributed by atoms with van der Waals surface area (Å²) in [6, 6.07) is 0. The second-order valence-corrected chi connectivity index (χ2v) is 2.56. The number of hydrogen-bond donors (Lipinski definition) is 3. The van der Waals surface area contributed by atoms with Gasteiger partial charge in [-0.2, -0.15) is 0 Å². The number of H-pyrrole nitrogens is 1. The zero-order chi connectivity index (χ0) is 8.97. The molecule has 0 bridgehead atoms. The molecular formula is C7H12N4O. The molecule has 0 aliphatic rings. The summed E-state index contributed by atoms with van der Waals surface area (Å²) in [4.78, 5) is 17.4. The van der Waals surface area contributed by atoms with Crippen LogP contribution in [0, 0.1) is 6.92 Å². The molecule has 0 unspecified atom stereocenters. The van der Waals surface area contributed by atoms with E-state index < -0.39 is 0 Å². The molecule has 5 nitrogen and oxygen atoms in total. The normalized spacial score (nSPS) is 10.1. The summed E-state index contributed by atoms with van der Waals surface area (Å²) in [7, 11) is 0. The first-order chi connectivity index (χ1) is 5.68. The summed E-state index contributed by atoms with van der Waals surface area (Å²) in [6.07, 6.45) is 1.73. The van der Waals surface area contributed by atoms with Crippen LogP contribution in [0.4, 0.5) is 0 Å². The van der Waals surface area contributed by atoms with Crippen molar-refractivity contribution in [2.75, 3.05) is 6.54 Å². The monoisotopic (exact) mass is 168 g/mol. The molecule has 0 saturated carbocycles. The van der Waals surface area contributed by atoms with Gasteiger partial charge in [0.25, 0.3) is 0 Å². The number of nitrogens with one attached hydrogen (secondary N) is 2. The maximum Gasteiger partial charge on any atom is 0.231 e. The highest BCUT2D eigenvalue weighted by molar-refractivity contribution is 5.75. The van der Waals surface area contributed by atoms with E-state index in [1.807, 2.05) is 6.92 Å². The number of aryl methyl sites for hydroxylation is 1. The number of rotatable bonds is 4. The number of nitrogens with zero attached hydrogens (tertiary/aromatic N) is 1. The van der Waals surface area contributed by atoms with Crippen molar-refractivity contribution in [1.82, 2.24) is 15.3 Å². The molecule has 1 aromatic rings. The van der Waals surface area contributed by atoms with E-state index >= 15 is 0 Å². The lowest BCUT2D eigenvalue weighted by Gasteiger charge is -1.97. The lowest BCUT2D eigenvalue weighted by atomic mass is 10.4. The van der Waals surface area contributed by atoms with Crippen molar-refractivity contribution in [2.24, 2.45) is 5.73 Å². The first-order valence-electron chi connectivity index (χ1n) is 3.68. The van der Waals surface area contributed by atoms with E-state index in [-0.39, 0.29) is 12.5 Å². The van der Waals surface area contributed by atoms with Crippen molar-refractivity contribution in [1.29, 1.82) is 0 Å². The first kappa shape index (κ1) is 8.73. The Bertz CT molecular complexity index is 268.